The van der Waals surface area contributed by atoms with Gasteiger partial charge in [0.05, 0.1) is 28.7 Å². The molecule has 15 nitrogen and oxygen atoms in total. The van der Waals surface area contributed by atoms with Gasteiger partial charge < -0.3 is 38.5 Å². The van der Waals surface area contributed by atoms with Crippen molar-refractivity contribution in [2.24, 2.45) is 0 Å². The van der Waals surface area contributed by atoms with E-state index < -0.39 is 64.6 Å². The van der Waals surface area contributed by atoms with Gasteiger partial charge in [-0.15, -0.1) is 5.10 Å². The average molecular weight is 767 g/mol. The zero-order valence-corrected chi connectivity index (χ0v) is 30.3. The number of hydrogen-bond acceptors (Lipinski definition) is 10. The third kappa shape index (κ3) is 7.06. The first kappa shape index (κ1) is 37.3. The standard InChI is InChI=1S/C36H38F4N10O5/c1-4-46-18-23(32(52)21-15-24(38)28(17-27(21)46)48-13-11-47(12-14-48)20(2)51)34-43-44-36(55-34)42-35(54)41-26-19-50(6-5-37)30-22(33(26)53)16-25(39)31(29(30)40)49-9-7-45(3)8-10-49/h15-19H,4-14H2,1-3H3,(H2,41,42,44,54). The molecule has 5 aromatic rings. The van der Waals surface area contributed by atoms with E-state index in [9.17, 15) is 23.6 Å². The Morgan fingerprint density at radius 3 is 2.20 bits per heavy atom. The molecule has 0 saturated carbocycles. The smallest absolute Gasteiger partial charge is 0.327 e. The van der Waals surface area contributed by atoms with E-state index in [1.165, 1.54) is 18.0 Å². The minimum absolute atomic E-state index is 0.0535. The fraction of sp³-hybridized carbons (Fsp3) is 0.389. The maximum atomic E-state index is 16.0. The second-order valence-electron chi connectivity index (χ2n) is 13.4. The Balaban J connectivity index is 1.13. The largest absolute Gasteiger partial charge is 0.403 e. The van der Waals surface area contributed by atoms with E-state index in [-0.39, 0.29) is 34.0 Å². The van der Waals surface area contributed by atoms with Gasteiger partial charge in [0.25, 0.3) is 5.89 Å². The van der Waals surface area contributed by atoms with Crippen molar-refractivity contribution >= 4 is 56.8 Å². The zero-order valence-electron chi connectivity index (χ0n) is 30.3. The molecule has 0 radical (unpaired) electrons. The molecule has 2 saturated heterocycles. The summed E-state index contributed by atoms with van der Waals surface area (Å²) in [5.41, 5.74) is -1.86. The predicted octanol–water partition coefficient (Wildman–Crippen LogP) is 3.84. The van der Waals surface area contributed by atoms with Crippen LogP contribution in [-0.2, 0) is 17.9 Å². The second kappa shape index (κ2) is 15.0. The number of aryl methyl sites for hydroxylation is 2. The van der Waals surface area contributed by atoms with Crippen molar-refractivity contribution in [1.29, 1.82) is 0 Å². The van der Waals surface area contributed by atoms with Crippen LogP contribution in [0.15, 0.2) is 44.6 Å². The second-order valence-corrected chi connectivity index (χ2v) is 13.4. The van der Waals surface area contributed by atoms with Crippen LogP contribution in [0, 0.1) is 17.5 Å². The number of fused-ring (bicyclic) bond motifs is 2. The number of benzene rings is 2. The molecule has 2 fully saturated rings. The van der Waals surface area contributed by atoms with Crippen LogP contribution in [0.4, 0.5) is 45.4 Å². The number of nitrogens with zero attached hydrogens (tertiary/aromatic N) is 8. The molecule has 7 rings (SSSR count). The Morgan fingerprint density at radius 1 is 0.836 bits per heavy atom. The molecule has 55 heavy (non-hydrogen) atoms. The summed E-state index contributed by atoms with van der Waals surface area (Å²) in [7, 11) is 1.89. The number of alkyl halides is 1. The lowest BCUT2D eigenvalue weighted by atomic mass is 10.1. The van der Waals surface area contributed by atoms with E-state index in [1.807, 2.05) is 23.8 Å². The molecule has 3 aromatic heterocycles. The lowest BCUT2D eigenvalue weighted by Gasteiger charge is -2.36. The van der Waals surface area contributed by atoms with Gasteiger partial charge in [-0.2, -0.15) is 0 Å². The molecule has 2 aliphatic rings. The summed E-state index contributed by atoms with van der Waals surface area (Å²) in [4.78, 5) is 58.9. The summed E-state index contributed by atoms with van der Waals surface area (Å²) < 4.78 is 68.9. The van der Waals surface area contributed by atoms with Crippen LogP contribution in [0.5, 0.6) is 0 Å². The Morgan fingerprint density at radius 2 is 1.53 bits per heavy atom. The molecular weight excluding hydrogens is 728 g/mol. The van der Waals surface area contributed by atoms with Gasteiger partial charge in [-0.1, -0.05) is 5.10 Å². The molecule has 0 spiro atoms. The first-order valence-corrected chi connectivity index (χ1v) is 17.7. The molecule has 0 unspecified atom stereocenters. The number of hydrogen-bond donors (Lipinski definition) is 2. The maximum absolute atomic E-state index is 16.0. The minimum atomic E-state index is -1.06. The van der Waals surface area contributed by atoms with Gasteiger partial charge in [0.15, 0.2) is 5.82 Å². The molecule has 290 valence electrons. The van der Waals surface area contributed by atoms with Crippen molar-refractivity contribution < 1.29 is 31.6 Å². The quantitative estimate of drug-likeness (QED) is 0.223. The summed E-state index contributed by atoms with van der Waals surface area (Å²) in [5, 5.41) is 11.9. The monoisotopic (exact) mass is 766 g/mol. The molecule has 5 heterocycles. The summed E-state index contributed by atoms with van der Waals surface area (Å²) in [5.74, 6) is -2.94. The van der Waals surface area contributed by atoms with E-state index in [4.69, 9.17) is 4.42 Å². The average Bonchev–Trinajstić information content (AvgIpc) is 3.62. The van der Waals surface area contributed by atoms with Crippen molar-refractivity contribution in [2.45, 2.75) is 26.9 Å². The van der Waals surface area contributed by atoms with Gasteiger partial charge in [-0.05, 0) is 32.2 Å². The van der Waals surface area contributed by atoms with E-state index in [1.54, 1.807) is 15.5 Å². The summed E-state index contributed by atoms with van der Waals surface area (Å²) in [6.45, 7) is 5.90. The Bertz CT molecular complexity index is 2430. The van der Waals surface area contributed by atoms with Crippen LogP contribution in [-0.4, -0.2) is 107 Å². The number of aromatic nitrogens is 4. The van der Waals surface area contributed by atoms with Gasteiger partial charge >= 0.3 is 12.0 Å². The number of anilines is 4. The number of piperazine rings is 2. The number of likely N-dealkylation sites (N-methyl/N-ethyl adjacent to an activating group) is 1. The zero-order chi connectivity index (χ0) is 39.1. The number of carbonyl (C=O) groups excluding carboxylic acids is 2. The van der Waals surface area contributed by atoms with Crippen LogP contribution >= 0.6 is 0 Å². The van der Waals surface area contributed by atoms with Crippen molar-refractivity contribution in [2.75, 3.05) is 86.5 Å². The lowest BCUT2D eigenvalue weighted by Crippen LogP contribution is -2.48. The summed E-state index contributed by atoms with van der Waals surface area (Å²) >= 11 is 0. The number of rotatable bonds is 8. The molecule has 2 N–H and O–H groups in total. The van der Waals surface area contributed by atoms with Crippen LogP contribution in [0.2, 0.25) is 0 Å². The number of nitrogens with one attached hydrogen (secondary N) is 2. The van der Waals surface area contributed by atoms with E-state index >= 15 is 13.2 Å². The highest BCUT2D eigenvalue weighted by atomic mass is 19.1. The van der Waals surface area contributed by atoms with Crippen molar-refractivity contribution in [3.8, 4) is 11.5 Å². The Hall–Kier alpha value is -5.98. The third-order valence-corrected chi connectivity index (χ3v) is 10.1. The SMILES string of the molecule is CCn1cc(-c2nnc(NC(=O)Nc3cn(CCF)c4c(F)c(N5CCN(C)CC5)c(F)cc4c3=O)o2)c(=O)c2cc(F)c(N3CCN(C(C)=O)CC3)cc21. The van der Waals surface area contributed by atoms with Crippen LogP contribution < -0.4 is 31.3 Å². The van der Waals surface area contributed by atoms with Crippen LogP contribution in [0.3, 0.4) is 0 Å². The van der Waals surface area contributed by atoms with E-state index in [0.29, 0.717) is 70.1 Å². The lowest BCUT2D eigenvalue weighted by molar-refractivity contribution is -0.129. The van der Waals surface area contributed by atoms with Crippen molar-refractivity contribution in [1.82, 2.24) is 29.1 Å². The highest BCUT2D eigenvalue weighted by molar-refractivity contribution is 6.00. The van der Waals surface area contributed by atoms with Gasteiger partial charge in [-0.3, -0.25) is 19.7 Å². The topological polar surface area (TPSA) is 154 Å². The van der Waals surface area contributed by atoms with Gasteiger partial charge in [0.1, 0.15) is 35.2 Å². The Labute approximate surface area is 310 Å². The number of carbonyl (C=O) groups is 2. The first-order valence-electron chi connectivity index (χ1n) is 17.7. The number of pyridine rings is 2. The van der Waals surface area contributed by atoms with Crippen LogP contribution in [0.1, 0.15) is 13.8 Å². The van der Waals surface area contributed by atoms with Crippen molar-refractivity contribution in [3.05, 3.63) is 68.5 Å². The van der Waals surface area contributed by atoms with Gasteiger partial charge in [0, 0.05) is 83.6 Å². The highest BCUT2D eigenvalue weighted by Crippen LogP contribution is 2.32. The minimum Gasteiger partial charge on any atom is -0.403 e. The van der Waals surface area contributed by atoms with Crippen LogP contribution in [0.25, 0.3) is 33.3 Å². The molecule has 0 aliphatic carbocycles. The molecule has 2 aliphatic heterocycles. The van der Waals surface area contributed by atoms with Crippen molar-refractivity contribution in [3.63, 3.8) is 0 Å². The molecule has 3 amide bonds. The summed E-state index contributed by atoms with van der Waals surface area (Å²) in [6, 6.07) is 2.09. The van der Waals surface area contributed by atoms with Gasteiger partial charge in [-0.25, -0.2) is 22.4 Å². The van der Waals surface area contributed by atoms with E-state index in [2.05, 4.69) is 20.8 Å². The van der Waals surface area contributed by atoms with E-state index in [0.717, 1.165) is 22.9 Å². The number of amides is 3. The van der Waals surface area contributed by atoms with Gasteiger partial charge in [0.2, 0.25) is 16.8 Å². The number of urea groups is 1. The molecule has 0 bridgehead atoms. The predicted molar refractivity (Wildman–Crippen MR) is 198 cm³/mol. The highest BCUT2D eigenvalue weighted by Gasteiger charge is 2.27. The first-order chi connectivity index (χ1) is 26.4. The fourth-order valence-corrected chi connectivity index (χ4v) is 7.10. The molecular formula is C36H38F4N10O5. The third-order valence-electron chi connectivity index (χ3n) is 10.1. The maximum Gasteiger partial charge on any atom is 0.327 e. The Kier molecular flexibility index (Phi) is 10.2. The number of halogens is 4. The molecule has 0 atom stereocenters. The molecule has 19 heteroatoms. The summed E-state index contributed by atoms with van der Waals surface area (Å²) in [6.07, 6.45) is 2.55. The normalized spacial score (nSPS) is 15.3. The fourth-order valence-electron chi connectivity index (χ4n) is 7.10. The molecule has 2 aromatic carbocycles.